The molecule has 0 spiro atoms. The van der Waals surface area contributed by atoms with Crippen molar-refractivity contribution in [3.05, 3.63) is 65.2 Å². The van der Waals surface area contributed by atoms with Gasteiger partial charge in [0.2, 0.25) is 5.91 Å². The first-order chi connectivity index (χ1) is 12.0. The molecular weight excluding hydrogens is 320 g/mol. The van der Waals surface area contributed by atoms with Crippen LogP contribution in [0, 0.1) is 13.8 Å². The summed E-state index contributed by atoms with van der Waals surface area (Å²) in [6, 6.07) is 11.0. The van der Waals surface area contributed by atoms with E-state index in [4.69, 9.17) is 8.83 Å². The first kappa shape index (κ1) is 17.0. The fraction of sp³-hybridized carbons (Fsp3) is 0.263. The zero-order chi connectivity index (χ0) is 17.8. The van der Waals surface area contributed by atoms with Crippen molar-refractivity contribution in [3.63, 3.8) is 0 Å². The Morgan fingerprint density at radius 3 is 2.68 bits per heavy atom. The Bertz CT molecular complexity index is 835. The quantitative estimate of drug-likeness (QED) is 0.720. The normalized spacial score (nSPS) is 12.1. The molecule has 1 amide bonds. The van der Waals surface area contributed by atoms with Gasteiger partial charge in [-0.25, -0.2) is 4.98 Å². The summed E-state index contributed by atoms with van der Waals surface area (Å²) in [6.07, 6.45) is 0.867. The van der Waals surface area contributed by atoms with Crippen LogP contribution in [-0.4, -0.2) is 22.5 Å². The van der Waals surface area contributed by atoms with Gasteiger partial charge < -0.3 is 19.3 Å². The zero-order valence-corrected chi connectivity index (χ0v) is 14.2. The lowest BCUT2D eigenvalue weighted by Crippen LogP contribution is -2.29. The molecule has 1 atom stereocenters. The smallest absolute Gasteiger partial charge is 0.263 e. The fourth-order valence-corrected chi connectivity index (χ4v) is 2.43. The van der Waals surface area contributed by atoms with Crippen LogP contribution in [0.1, 0.15) is 28.7 Å². The Balaban J connectivity index is 1.57. The molecule has 25 heavy (non-hydrogen) atoms. The summed E-state index contributed by atoms with van der Waals surface area (Å²) in [4.78, 5) is 16.4. The van der Waals surface area contributed by atoms with Crippen LogP contribution in [0.15, 0.2) is 51.5 Å². The molecule has 3 rings (SSSR count). The lowest BCUT2D eigenvalue weighted by atomic mass is 10.1. The van der Waals surface area contributed by atoms with E-state index in [0.29, 0.717) is 23.1 Å². The summed E-state index contributed by atoms with van der Waals surface area (Å²) in [5.74, 6) is 1.21. The fourth-order valence-electron chi connectivity index (χ4n) is 2.43. The van der Waals surface area contributed by atoms with Crippen LogP contribution in [0.4, 0.5) is 0 Å². The van der Waals surface area contributed by atoms with Crippen molar-refractivity contribution in [2.24, 2.45) is 0 Å². The number of hydrogen-bond acceptors (Lipinski definition) is 5. The minimum atomic E-state index is -0.748. The number of aryl methyl sites for hydroxylation is 2. The average Bonchev–Trinajstić information content (AvgIpc) is 3.24. The van der Waals surface area contributed by atoms with E-state index >= 15 is 0 Å². The monoisotopic (exact) mass is 340 g/mol. The van der Waals surface area contributed by atoms with Crippen LogP contribution in [0.3, 0.4) is 0 Å². The van der Waals surface area contributed by atoms with E-state index in [1.807, 2.05) is 31.2 Å². The SMILES string of the molecule is Cc1ccc([C@H](O)CNC(=O)Cc2nc(-c3ccco3)oc2C)cc1. The Kier molecular flexibility index (Phi) is 5.00. The molecule has 0 aliphatic heterocycles. The van der Waals surface area contributed by atoms with Gasteiger partial charge in [0.25, 0.3) is 5.89 Å². The van der Waals surface area contributed by atoms with E-state index < -0.39 is 6.10 Å². The maximum atomic E-state index is 12.1. The van der Waals surface area contributed by atoms with Gasteiger partial charge in [-0.15, -0.1) is 0 Å². The molecule has 3 aromatic rings. The molecule has 2 N–H and O–H groups in total. The molecule has 2 aromatic heterocycles. The molecule has 0 aliphatic rings. The number of rotatable bonds is 6. The number of aromatic nitrogens is 1. The zero-order valence-electron chi connectivity index (χ0n) is 14.2. The number of oxazole rings is 1. The maximum absolute atomic E-state index is 12.1. The van der Waals surface area contributed by atoms with E-state index in [2.05, 4.69) is 10.3 Å². The molecule has 130 valence electrons. The van der Waals surface area contributed by atoms with Gasteiger partial charge in [-0.2, -0.15) is 0 Å². The third kappa shape index (κ3) is 4.16. The third-order valence-electron chi connectivity index (χ3n) is 3.91. The standard InChI is InChI=1S/C19H20N2O4/c1-12-5-7-14(8-6-12)16(22)11-20-18(23)10-15-13(2)25-19(21-15)17-4-3-9-24-17/h3-9,16,22H,10-11H2,1-2H3,(H,20,23)/t16-/m1/s1. The number of carbonyl (C=O) groups is 1. The van der Waals surface area contributed by atoms with Crippen molar-refractivity contribution >= 4 is 5.91 Å². The highest BCUT2D eigenvalue weighted by Gasteiger charge is 2.17. The second kappa shape index (κ2) is 7.36. The highest BCUT2D eigenvalue weighted by Crippen LogP contribution is 2.22. The van der Waals surface area contributed by atoms with Crippen molar-refractivity contribution in [2.75, 3.05) is 6.54 Å². The van der Waals surface area contributed by atoms with Crippen LogP contribution < -0.4 is 5.32 Å². The molecule has 0 saturated carbocycles. The van der Waals surface area contributed by atoms with Gasteiger partial charge in [0, 0.05) is 6.54 Å². The van der Waals surface area contributed by atoms with Crippen LogP contribution in [-0.2, 0) is 11.2 Å². The van der Waals surface area contributed by atoms with Crippen LogP contribution in [0.25, 0.3) is 11.7 Å². The molecule has 0 fully saturated rings. The molecule has 0 bridgehead atoms. The summed E-state index contributed by atoms with van der Waals surface area (Å²) < 4.78 is 10.8. The number of hydrogen-bond donors (Lipinski definition) is 2. The number of aliphatic hydroxyl groups excluding tert-OH is 1. The Labute approximate surface area is 145 Å². The van der Waals surface area contributed by atoms with Crippen molar-refractivity contribution in [2.45, 2.75) is 26.4 Å². The second-order valence-corrected chi connectivity index (χ2v) is 5.91. The Hall–Kier alpha value is -2.86. The molecule has 0 saturated heterocycles. The third-order valence-corrected chi connectivity index (χ3v) is 3.91. The largest absolute Gasteiger partial charge is 0.459 e. The number of carbonyl (C=O) groups excluding carboxylic acids is 1. The molecule has 1 aromatic carbocycles. The molecule has 2 heterocycles. The van der Waals surface area contributed by atoms with Crippen LogP contribution in [0.2, 0.25) is 0 Å². The van der Waals surface area contributed by atoms with Gasteiger partial charge in [0.05, 0.1) is 24.5 Å². The lowest BCUT2D eigenvalue weighted by molar-refractivity contribution is -0.121. The number of nitrogens with one attached hydrogen (secondary N) is 1. The second-order valence-electron chi connectivity index (χ2n) is 5.91. The Morgan fingerprint density at radius 2 is 2.00 bits per heavy atom. The summed E-state index contributed by atoms with van der Waals surface area (Å²) in [6.45, 7) is 3.88. The Morgan fingerprint density at radius 1 is 1.24 bits per heavy atom. The van der Waals surface area contributed by atoms with Gasteiger partial charge in [-0.05, 0) is 31.5 Å². The van der Waals surface area contributed by atoms with E-state index in [1.54, 1.807) is 19.1 Å². The summed E-state index contributed by atoms with van der Waals surface area (Å²) in [7, 11) is 0. The van der Waals surface area contributed by atoms with E-state index in [9.17, 15) is 9.90 Å². The predicted octanol–water partition coefficient (Wildman–Crippen LogP) is 2.94. The number of benzene rings is 1. The predicted molar refractivity (Wildman–Crippen MR) is 91.8 cm³/mol. The van der Waals surface area contributed by atoms with Crippen molar-refractivity contribution in [3.8, 4) is 11.7 Å². The van der Waals surface area contributed by atoms with Crippen molar-refractivity contribution in [1.82, 2.24) is 10.3 Å². The van der Waals surface area contributed by atoms with E-state index in [-0.39, 0.29) is 18.9 Å². The van der Waals surface area contributed by atoms with Gasteiger partial charge in [-0.1, -0.05) is 29.8 Å². The van der Waals surface area contributed by atoms with E-state index in [0.717, 1.165) is 11.1 Å². The molecule has 6 heteroatoms. The number of aliphatic hydroxyl groups is 1. The van der Waals surface area contributed by atoms with Crippen LogP contribution in [0.5, 0.6) is 0 Å². The van der Waals surface area contributed by atoms with E-state index in [1.165, 1.54) is 6.26 Å². The van der Waals surface area contributed by atoms with Gasteiger partial charge in [-0.3, -0.25) is 4.79 Å². The summed E-state index contributed by atoms with van der Waals surface area (Å²) in [5.41, 5.74) is 2.44. The lowest BCUT2D eigenvalue weighted by Gasteiger charge is -2.12. The first-order valence-electron chi connectivity index (χ1n) is 8.04. The highest BCUT2D eigenvalue weighted by molar-refractivity contribution is 5.78. The molecular formula is C19H20N2O4. The molecule has 0 unspecified atom stereocenters. The maximum Gasteiger partial charge on any atom is 0.263 e. The average molecular weight is 340 g/mol. The summed E-state index contributed by atoms with van der Waals surface area (Å²) in [5, 5.41) is 12.9. The van der Waals surface area contributed by atoms with Crippen LogP contribution >= 0.6 is 0 Å². The molecule has 6 nitrogen and oxygen atoms in total. The number of amides is 1. The summed E-state index contributed by atoms with van der Waals surface area (Å²) >= 11 is 0. The van der Waals surface area contributed by atoms with Crippen molar-refractivity contribution < 1.29 is 18.7 Å². The topological polar surface area (TPSA) is 88.5 Å². The molecule has 0 aliphatic carbocycles. The number of nitrogens with zero attached hydrogens (tertiary/aromatic N) is 1. The van der Waals surface area contributed by atoms with Gasteiger partial charge in [0.15, 0.2) is 5.76 Å². The van der Waals surface area contributed by atoms with Gasteiger partial charge >= 0.3 is 0 Å². The number of furan rings is 1. The van der Waals surface area contributed by atoms with Crippen molar-refractivity contribution in [1.29, 1.82) is 0 Å². The minimum Gasteiger partial charge on any atom is -0.459 e. The molecule has 0 radical (unpaired) electrons. The van der Waals surface area contributed by atoms with Gasteiger partial charge in [0.1, 0.15) is 5.76 Å². The minimum absolute atomic E-state index is 0.0800. The first-order valence-corrected chi connectivity index (χ1v) is 8.04. The highest BCUT2D eigenvalue weighted by atomic mass is 16.4.